The molecule has 4 N–H and O–H groups in total. The molecule has 2 amide bonds. The van der Waals surface area contributed by atoms with Crippen LogP contribution in [-0.2, 0) is 10.0 Å². The van der Waals surface area contributed by atoms with Crippen molar-refractivity contribution in [3.8, 4) is 0 Å². The van der Waals surface area contributed by atoms with Crippen LogP contribution in [-0.4, -0.2) is 20.2 Å². The summed E-state index contributed by atoms with van der Waals surface area (Å²) in [6.45, 7) is 6.68. The quantitative estimate of drug-likeness (QED) is 0.245. The van der Waals surface area contributed by atoms with E-state index in [0.717, 1.165) is 5.56 Å². The number of hydrogen-bond acceptors (Lipinski definition) is 7. The van der Waals surface area contributed by atoms with Gasteiger partial charge in [-0.3, -0.25) is 0 Å². The van der Waals surface area contributed by atoms with E-state index in [2.05, 4.69) is 10.5 Å². The molecule has 0 saturated carbocycles. The number of hydrogen-bond donors (Lipinski definition) is 3. The van der Waals surface area contributed by atoms with Crippen molar-refractivity contribution < 1.29 is 17.6 Å². The van der Waals surface area contributed by atoms with Gasteiger partial charge in [0.15, 0.2) is 5.58 Å². The maximum atomic E-state index is 13.0. The predicted octanol–water partition coefficient (Wildman–Crippen LogP) is 2.71. The molecule has 0 spiro atoms. The van der Waals surface area contributed by atoms with Gasteiger partial charge in [-0.15, -0.1) is 0 Å². The third kappa shape index (κ3) is 4.58. The molecule has 0 atom stereocenters. The lowest BCUT2D eigenvalue weighted by atomic mass is 10.0. The molecule has 0 saturated heterocycles. The summed E-state index contributed by atoms with van der Waals surface area (Å²) in [6.07, 6.45) is 0. The summed E-state index contributed by atoms with van der Waals surface area (Å²) in [5, 5.41) is 4.41. The number of carbonyl (C=O) groups is 1. The Labute approximate surface area is 179 Å². The Bertz CT molecular complexity index is 1370. The van der Waals surface area contributed by atoms with Crippen LogP contribution in [0.4, 0.5) is 10.5 Å². The van der Waals surface area contributed by atoms with Gasteiger partial charge in [-0.2, -0.15) is 5.10 Å². The van der Waals surface area contributed by atoms with E-state index in [1.54, 1.807) is 58.0 Å². The fourth-order valence-corrected chi connectivity index (χ4v) is 4.62. The van der Waals surface area contributed by atoms with Crippen molar-refractivity contribution in [2.45, 2.75) is 32.6 Å². The number of nitrogens with one attached hydrogen (secondary N) is 2. The molecule has 3 rings (SSSR count). The Morgan fingerprint density at radius 2 is 1.65 bits per heavy atom. The van der Waals surface area contributed by atoms with Crippen LogP contribution in [0.3, 0.4) is 0 Å². The van der Waals surface area contributed by atoms with Crippen LogP contribution in [0.5, 0.6) is 0 Å². The highest BCUT2D eigenvalue weighted by molar-refractivity contribution is 7.90. The number of anilines is 1. The number of urea groups is 1. The number of sulfonamides is 1. The van der Waals surface area contributed by atoms with Crippen molar-refractivity contribution in [3.05, 3.63) is 69.1 Å². The average Bonchev–Trinajstić information content (AvgIpc) is 2.65. The van der Waals surface area contributed by atoms with Gasteiger partial charge in [-0.05, 0) is 62.1 Å². The first-order valence-electron chi connectivity index (χ1n) is 9.27. The first kappa shape index (κ1) is 22.0. The number of nitrogens with two attached hydrogens (primary N) is 1. The van der Waals surface area contributed by atoms with Crippen molar-refractivity contribution in [2.75, 3.05) is 5.73 Å². The van der Waals surface area contributed by atoms with E-state index in [4.69, 9.17) is 10.2 Å². The van der Waals surface area contributed by atoms with Crippen LogP contribution >= 0.6 is 0 Å². The van der Waals surface area contributed by atoms with Gasteiger partial charge in [-0.1, -0.05) is 18.2 Å². The van der Waals surface area contributed by atoms with Crippen LogP contribution in [0.15, 0.2) is 55.6 Å². The first-order valence-corrected chi connectivity index (χ1v) is 10.8. The first-order chi connectivity index (χ1) is 14.5. The number of benzene rings is 2. The van der Waals surface area contributed by atoms with Gasteiger partial charge in [0, 0.05) is 17.1 Å². The van der Waals surface area contributed by atoms with Crippen molar-refractivity contribution in [3.63, 3.8) is 0 Å². The van der Waals surface area contributed by atoms with E-state index in [-0.39, 0.29) is 10.5 Å². The maximum Gasteiger partial charge on any atom is 0.349 e. The van der Waals surface area contributed by atoms with Gasteiger partial charge in [-0.25, -0.2) is 28.2 Å². The minimum Gasteiger partial charge on any atom is -0.421 e. The Morgan fingerprint density at radius 3 is 2.29 bits per heavy atom. The molecule has 1 aromatic heterocycles. The highest BCUT2D eigenvalue weighted by atomic mass is 32.2. The largest absolute Gasteiger partial charge is 0.421 e. The third-order valence-electron chi connectivity index (χ3n) is 4.70. The molecule has 0 aliphatic heterocycles. The van der Waals surface area contributed by atoms with E-state index in [0.29, 0.717) is 33.5 Å². The standard InChI is InChI=1S/C21H22N4O5S/c1-11-9-13(3)20(19-18(11)12(2)10-17(26)30-19)31(28,29)25-21(27)24-23-14(4)15-5-7-16(22)8-6-15/h5-10H,22H2,1-4H3,(H2,24,25,27)/b23-14-. The van der Waals surface area contributed by atoms with E-state index >= 15 is 0 Å². The van der Waals surface area contributed by atoms with Crippen LogP contribution in [0, 0.1) is 20.8 Å². The van der Waals surface area contributed by atoms with Crippen molar-refractivity contribution >= 4 is 38.4 Å². The molecule has 3 aromatic rings. The second-order valence-electron chi connectivity index (χ2n) is 7.16. The Morgan fingerprint density at radius 1 is 1.03 bits per heavy atom. The van der Waals surface area contributed by atoms with Crippen LogP contribution < -0.4 is 21.5 Å². The Kier molecular flexibility index (Phi) is 5.85. The molecule has 0 bridgehead atoms. The summed E-state index contributed by atoms with van der Waals surface area (Å²) in [7, 11) is -4.37. The van der Waals surface area contributed by atoms with E-state index in [9.17, 15) is 18.0 Å². The highest BCUT2D eigenvalue weighted by Crippen LogP contribution is 2.30. The number of amides is 2. The lowest BCUT2D eigenvalue weighted by Crippen LogP contribution is -2.37. The normalized spacial score (nSPS) is 12.1. The molecule has 0 unspecified atom stereocenters. The molecule has 0 aliphatic carbocycles. The molecule has 9 nitrogen and oxygen atoms in total. The second kappa shape index (κ2) is 8.23. The number of nitrogen functional groups attached to an aromatic ring is 1. The number of carbonyl (C=O) groups excluding carboxylic acids is 1. The molecular weight excluding hydrogens is 420 g/mol. The summed E-state index contributed by atoms with van der Waals surface area (Å²) in [5.41, 5.74) is 10.4. The van der Waals surface area contributed by atoms with Gasteiger partial charge >= 0.3 is 11.7 Å². The smallest absolute Gasteiger partial charge is 0.349 e. The van der Waals surface area contributed by atoms with Crippen LogP contribution in [0.25, 0.3) is 11.0 Å². The zero-order valence-electron chi connectivity index (χ0n) is 17.4. The lowest BCUT2D eigenvalue weighted by Gasteiger charge is -2.14. The molecular formula is C21H22N4O5S. The fourth-order valence-electron chi connectivity index (χ4n) is 3.35. The Balaban J connectivity index is 1.93. The minimum atomic E-state index is -4.37. The number of hydrazone groups is 1. The maximum absolute atomic E-state index is 13.0. The topological polar surface area (TPSA) is 144 Å². The third-order valence-corrected chi connectivity index (χ3v) is 6.20. The average molecular weight is 442 g/mol. The summed E-state index contributed by atoms with van der Waals surface area (Å²) in [5.74, 6) is 0. The summed E-state index contributed by atoms with van der Waals surface area (Å²) < 4.78 is 33.1. The molecule has 0 fully saturated rings. The molecule has 1 heterocycles. The molecule has 2 aromatic carbocycles. The minimum absolute atomic E-state index is 0.0932. The number of aryl methyl sites for hydroxylation is 3. The second-order valence-corrected chi connectivity index (χ2v) is 8.78. The SMILES string of the molecule is C/C(=N/NC(=O)NS(=O)(=O)c1c(C)cc(C)c2c(C)cc(=O)oc12)c1ccc(N)cc1. The van der Waals surface area contributed by atoms with Crippen molar-refractivity contribution in [1.29, 1.82) is 0 Å². The van der Waals surface area contributed by atoms with Crippen molar-refractivity contribution in [2.24, 2.45) is 5.10 Å². The van der Waals surface area contributed by atoms with E-state index < -0.39 is 21.7 Å². The molecule has 10 heteroatoms. The van der Waals surface area contributed by atoms with Gasteiger partial charge < -0.3 is 10.2 Å². The zero-order chi connectivity index (χ0) is 22.9. The van der Waals surface area contributed by atoms with E-state index in [1.165, 1.54) is 6.07 Å². The number of rotatable bonds is 4. The lowest BCUT2D eigenvalue weighted by molar-refractivity contribution is 0.246. The van der Waals surface area contributed by atoms with Gasteiger partial charge in [0.05, 0.1) is 5.71 Å². The van der Waals surface area contributed by atoms with E-state index in [1.807, 2.05) is 4.72 Å². The molecule has 0 aliphatic rings. The summed E-state index contributed by atoms with van der Waals surface area (Å²) in [4.78, 5) is 23.8. The molecule has 0 radical (unpaired) electrons. The summed E-state index contributed by atoms with van der Waals surface area (Å²) >= 11 is 0. The molecule has 162 valence electrons. The monoisotopic (exact) mass is 442 g/mol. The molecule has 31 heavy (non-hydrogen) atoms. The zero-order valence-corrected chi connectivity index (χ0v) is 18.3. The van der Waals surface area contributed by atoms with Gasteiger partial charge in [0.1, 0.15) is 4.90 Å². The fraction of sp³-hybridized carbons (Fsp3) is 0.190. The Hall–Kier alpha value is -3.66. The number of fused-ring (bicyclic) bond motifs is 1. The summed E-state index contributed by atoms with van der Waals surface area (Å²) in [6, 6.07) is 8.69. The van der Waals surface area contributed by atoms with Crippen LogP contribution in [0.2, 0.25) is 0 Å². The number of nitrogens with zero attached hydrogens (tertiary/aromatic N) is 1. The van der Waals surface area contributed by atoms with Gasteiger partial charge in [0.2, 0.25) is 0 Å². The van der Waals surface area contributed by atoms with Crippen LogP contribution in [0.1, 0.15) is 29.2 Å². The predicted molar refractivity (Wildman–Crippen MR) is 119 cm³/mol. The highest BCUT2D eigenvalue weighted by Gasteiger charge is 2.26. The van der Waals surface area contributed by atoms with Crippen molar-refractivity contribution in [1.82, 2.24) is 10.1 Å². The van der Waals surface area contributed by atoms with Gasteiger partial charge in [0.25, 0.3) is 10.0 Å².